The number of benzene rings is 1. The topological polar surface area (TPSA) is 66.5 Å². The summed E-state index contributed by atoms with van der Waals surface area (Å²) in [6, 6.07) is 3.16. The van der Waals surface area contributed by atoms with Gasteiger partial charge >= 0.3 is 0 Å². The van der Waals surface area contributed by atoms with Crippen LogP contribution in [0.4, 0.5) is 4.39 Å². The van der Waals surface area contributed by atoms with Crippen LogP contribution >= 0.6 is 0 Å². The molecule has 1 unspecified atom stereocenters. The second-order valence-electron chi connectivity index (χ2n) is 4.75. The van der Waals surface area contributed by atoms with Crippen molar-refractivity contribution in [1.82, 2.24) is 10.2 Å². The Morgan fingerprint density at radius 1 is 1.43 bits per heavy atom. The van der Waals surface area contributed by atoms with E-state index in [0.717, 1.165) is 6.07 Å². The van der Waals surface area contributed by atoms with Gasteiger partial charge in [-0.15, -0.1) is 0 Å². The molecule has 6 heteroatoms. The number of nitrogens with one attached hydrogen (secondary N) is 1. The third-order valence-electron chi connectivity index (χ3n) is 3.32. The van der Waals surface area contributed by atoms with E-state index >= 15 is 0 Å². The second kappa shape index (κ2) is 7.52. The van der Waals surface area contributed by atoms with Gasteiger partial charge in [0.25, 0.3) is 5.91 Å². The molecule has 0 spiro atoms. The van der Waals surface area contributed by atoms with E-state index in [4.69, 9.17) is 0 Å². The first-order valence-electron chi connectivity index (χ1n) is 6.61. The molecule has 0 aliphatic carbocycles. The summed E-state index contributed by atoms with van der Waals surface area (Å²) in [5, 5.41) is 2.46. The molecule has 1 aromatic carbocycles. The molecule has 1 atom stereocenters. The maximum Gasteiger partial charge on any atom is 0.254 e. The van der Waals surface area contributed by atoms with Gasteiger partial charge in [0.05, 0.1) is 0 Å². The van der Waals surface area contributed by atoms with E-state index in [0.29, 0.717) is 11.8 Å². The molecule has 0 radical (unpaired) electrons. The van der Waals surface area contributed by atoms with Gasteiger partial charge in [-0.3, -0.25) is 9.59 Å². The number of nitrogens with zero attached hydrogens (tertiary/aromatic N) is 1. The zero-order chi connectivity index (χ0) is 16.0. The first-order valence-corrected chi connectivity index (χ1v) is 6.61. The number of amides is 2. The van der Waals surface area contributed by atoms with Gasteiger partial charge in [-0.1, -0.05) is 6.07 Å². The van der Waals surface area contributed by atoms with E-state index in [1.54, 1.807) is 6.92 Å². The average molecular weight is 294 g/mol. The molecule has 2 amide bonds. The van der Waals surface area contributed by atoms with Crippen LogP contribution in [0.1, 0.15) is 28.8 Å². The van der Waals surface area contributed by atoms with Crippen molar-refractivity contribution in [1.29, 1.82) is 0 Å². The molecule has 1 aromatic rings. The molecule has 114 valence electrons. The molecule has 5 nitrogen and oxygen atoms in total. The number of carbonyl (C=O) groups is 3. The van der Waals surface area contributed by atoms with E-state index in [-0.39, 0.29) is 24.3 Å². The van der Waals surface area contributed by atoms with Gasteiger partial charge in [0.2, 0.25) is 5.91 Å². The van der Waals surface area contributed by atoms with Gasteiger partial charge in [-0.2, -0.15) is 0 Å². The molecule has 0 saturated heterocycles. The molecule has 0 bridgehead atoms. The standard InChI is InChI=1S/C15H19FN2O3/c1-10-6-7-11(16)9-12(10)15(21)18(3)13(5-4-8-19)14(20)17-2/h6-9,13H,4-5H2,1-3H3,(H,17,20). The summed E-state index contributed by atoms with van der Waals surface area (Å²) in [7, 11) is 2.93. The Kier molecular flexibility index (Phi) is 6.02. The quantitative estimate of drug-likeness (QED) is 0.804. The Labute approximate surface area is 123 Å². The van der Waals surface area contributed by atoms with Gasteiger partial charge in [0, 0.05) is 26.1 Å². The lowest BCUT2D eigenvalue weighted by molar-refractivity contribution is -0.125. The Morgan fingerprint density at radius 3 is 2.67 bits per heavy atom. The number of hydrogen-bond acceptors (Lipinski definition) is 3. The van der Waals surface area contributed by atoms with Crippen molar-refractivity contribution < 1.29 is 18.8 Å². The van der Waals surface area contributed by atoms with Crippen LogP contribution in [-0.4, -0.2) is 43.1 Å². The molecule has 0 saturated carbocycles. The van der Waals surface area contributed by atoms with Crippen LogP contribution < -0.4 is 5.32 Å². The van der Waals surface area contributed by atoms with Crippen molar-refractivity contribution in [3.63, 3.8) is 0 Å². The monoisotopic (exact) mass is 294 g/mol. The van der Waals surface area contributed by atoms with Gasteiger partial charge in [0.15, 0.2) is 0 Å². The van der Waals surface area contributed by atoms with Gasteiger partial charge < -0.3 is 15.0 Å². The summed E-state index contributed by atoms with van der Waals surface area (Å²) < 4.78 is 13.3. The smallest absolute Gasteiger partial charge is 0.254 e. The third-order valence-corrected chi connectivity index (χ3v) is 3.32. The predicted molar refractivity (Wildman–Crippen MR) is 76.4 cm³/mol. The Morgan fingerprint density at radius 2 is 2.10 bits per heavy atom. The Balaban J connectivity index is 3.04. The number of aldehydes is 1. The van der Waals surface area contributed by atoms with Crippen molar-refractivity contribution in [2.24, 2.45) is 0 Å². The van der Waals surface area contributed by atoms with Crippen molar-refractivity contribution >= 4 is 18.1 Å². The number of aryl methyl sites for hydroxylation is 1. The van der Waals surface area contributed by atoms with Crippen LogP contribution in [0, 0.1) is 12.7 Å². The molecule has 1 N–H and O–H groups in total. The minimum atomic E-state index is -0.768. The van der Waals surface area contributed by atoms with Gasteiger partial charge in [0.1, 0.15) is 18.1 Å². The normalized spacial score (nSPS) is 11.6. The third kappa shape index (κ3) is 4.11. The fourth-order valence-corrected chi connectivity index (χ4v) is 2.05. The summed E-state index contributed by atoms with van der Waals surface area (Å²) in [5.41, 5.74) is 0.830. The number of hydrogen-bond donors (Lipinski definition) is 1. The van der Waals surface area contributed by atoms with Gasteiger partial charge in [-0.05, 0) is 31.0 Å². The fraction of sp³-hybridized carbons (Fsp3) is 0.400. The highest BCUT2D eigenvalue weighted by Crippen LogP contribution is 2.15. The molecule has 0 aliphatic rings. The average Bonchev–Trinajstić information content (AvgIpc) is 2.48. The van der Waals surface area contributed by atoms with Crippen LogP contribution in [0.15, 0.2) is 18.2 Å². The maximum absolute atomic E-state index is 13.3. The highest BCUT2D eigenvalue weighted by molar-refractivity contribution is 5.98. The maximum atomic E-state index is 13.3. The van der Waals surface area contributed by atoms with Crippen LogP contribution in [0.5, 0.6) is 0 Å². The minimum absolute atomic E-state index is 0.165. The predicted octanol–water partition coefficient (Wildman–Crippen LogP) is 1.30. The summed E-state index contributed by atoms with van der Waals surface area (Å²) in [6.07, 6.45) is 1.08. The second-order valence-corrected chi connectivity index (χ2v) is 4.75. The Bertz CT molecular complexity index is 546. The number of halogens is 1. The van der Waals surface area contributed by atoms with Crippen molar-refractivity contribution in [2.45, 2.75) is 25.8 Å². The summed E-state index contributed by atoms with van der Waals surface area (Å²) >= 11 is 0. The van der Waals surface area contributed by atoms with Crippen molar-refractivity contribution in [3.05, 3.63) is 35.1 Å². The van der Waals surface area contributed by atoms with Crippen molar-refractivity contribution in [3.8, 4) is 0 Å². The first kappa shape index (κ1) is 16.8. The molecule has 21 heavy (non-hydrogen) atoms. The molecule has 1 rings (SSSR count). The lowest BCUT2D eigenvalue weighted by atomic mass is 10.0. The van der Waals surface area contributed by atoms with E-state index in [9.17, 15) is 18.8 Å². The SMILES string of the molecule is CNC(=O)C(CCC=O)N(C)C(=O)c1cc(F)ccc1C. The van der Waals surface area contributed by atoms with Crippen LogP contribution in [-0.2, 0) is 9.59 Å². The van der Waals surface area contributed by atoms with Crippen LogP contribution in [0.25, 0.3) is 0 Å². The van der Waals surface area contributed by atoms with E-state index in [1.807, 2.05) is 0 Å². The first-order chi connectivity index (χ1) is 9.92. The number of rotatable bonds is 6. The lowest BCUT2D eigenvalue weighted by Crippen LogP contribution is -2.47. The largest absolute Gasteiger partial charge is 0.357 e. The number of likely N-dealkylation sites (N-methyl/N-ethyl adjacent to an activating group) is 2. The zero-order valence-corrected chi connectivity index (χ0v) is 12.4. The van der Waals surface area contributed by atoms with Gasteiger partial charge in [-0.25, -0.2) is 4.39 Å². The number of carbonyl (C=O) groups excluding carboxylic acids is 3. The molecule has 0 aliphatic heterocycles. The summed E-state index contributed by atoms with van der Waals surface area (Å²) in [5.74, 6) is -1.32. The van der Waals surface area contributed by atoms with E-state index in [1.165, 1.54) is 31.1 Å². The van der Waals surface area contributed by atoms with E-state index < -0.39 is 17.8 Å². The molecule has 0 aromatic heterocycles. The van der Waals surface area contributed by atoms with Crippen molar-refractivity contribution in [2.75, 3.05) is 14.1 Å². The fourth-order valence-electron chi connectivity index (χ4n) is 2.05. The molecule has 0 fully saturated rings. The lowest BCUT2D eigenvalue weighted by Gasteiger charge is -2.27. The zero-order valence-electron chi connectivity index (χ0n) is 12.4. The van der Waals surface area contributed by atoms with Crippen LogP contribution in [0.2, 0.25) is 0 Å². The minimum Gasteiger partial charge on any atom is -0.357 e. The molecule has 0 heterocycles. The summed E-state index contributed by atoms with van der Waals surface area (Å²) in [4.78, 5) is 36.0. The highest BCUT2D eigenvalue weighted by Gasteiger charge is 2.27. The van der Waals surface area contributed by atoms with E-state index in [2.05, 4.69) is 5.32 Å². The highest BCUT2D eigenvalue weighted by atomic mass is 19.1. The molecular weight excluding hydrogens is 275 g/mol. The summed E-state index contributed by atoms with van der Waals surface area (Å²) in [6.45, 7) is 1.70. The van der Waals surface area contributed by atoms with Crippen LogP contribution in [0.3, 0.4) is 0 Å². The molecular formula is C15H19FN2O3. The Hall–Kier alpha value is -2.24.